The number of piperidine rings is 1. The van der Waals surface area contributed by atoms with Gasteiger partial charge >= 0.3 is 6.09 Å². The fraction of sp³-hybridized carbons (Fsp3) is 0.591. The highest BCUT2D eigenvalue weighted by molar-refractivity contribution is 7.88. The third-order valence-electron chi connectivity index (χ3n) is 6.48. The molecule has 0 saturated carbocycles. The maximum absolute atomic E-state index is 11.6. The number of carbonyl (C=O) groups is 1. The first-order valence-electron chi connectivity index (χ1n) is 11.3. The molecule has 1 N–H and O–H groups in total. The fourth-order valence-corrected chi connectivity index (χ4v) is 5.41. The summed E-state index contributed by atoms with van der Waals surface area (Å²) in [5.74, 6) is 0.982. The van der Waals surface area contributed by atoms with Crippen molar-refractivity contribution in [3.05, 3.63) is 30.2 Å². The summed E-state index contributed by atoms with van der Waals surface area (Å²) in [4.78, 5) is 23.8. The molecule has 2 fully saturated rings. The molecule has 180 valence electrons. The Kier molecular flexibility index (Phi) is 7.30. The molecule has 2 aliphatic heterocycles. The van der Waals surface area contributed by atoms with Crippen LogP contribution in [0.4, 0.5) is 4.79 Å². The van der Waals surface area contributed by atoms with Crippen molar-refractivity contribution in [2.45, 2.75) is 25.2 Å². The zero-order valence-electron chi connectivity index (χ0n) is 18.9. The van der Waals surface area contributed by atoms with Crippen LogP contribution in [-0.4, -0.2) is 102 Å². The normalized spacial score (nSPS) is 19.1. The highest BCUT2D eigenvalue weighted by atomic mass is 32.2. The van der Waals surface area contributed by atoms with Gasteiger partial charge in [-0.3, -0.25) is 0 Å². The number of amides is 1. The first kappa shape index (κ1) is 23.7. The number of ether oxygens (including phenoxy) is 1. The summed E-state index contributed by atoms with van der Waals surface area (Å²) in [6.45, 7) is 5.06. The fourth-order valence-electron chi connectivity index (χ4n) is 4.58. The molecule has 0 bridgehead atoms. The number of benzene rings is 1. The number of sulfonamides is 1. The van der Waals surface area contributed by atoms with E-state index in [9.17, 15) is 13.2 Å². The Morgan fingerprint density at radius 2 is 1.85 bits per heavy atom. The quantitative estimate of drug-likeness (QED) is 0.601. The second kappa shape index (κ2) is 10.2. The van der Waals surface area contributed by atoms with Crippen molar-refractivity contribution in [3.8, 4) is 5.75 Å². The Morgan fingerprint density at radius 1 is 1.12 bits per heavy atom. The van der Waals surface area contributed by atoms with Crippen LogP contribution in [-0.2, 0) is 10.0 Å². The summed E-state index contributed by atoms with van der Waals surface area (Å²) in [7, 11) is -3.10. The molecule has 11 heteroatoms. The summed E-state index contributed by atoms with van der Waals surface area (Å²) in [6, 6.07) is 5.86. The highest BCUT2D eigenvalue weighted by Gasteiger charge is 2.26. The van der Waals surface area contributed by atoms with Crippen molar-refractivity contribution >= 4 is 27.0 Å². The van der Waals surface area contributed by atoms with Crippen LogP contribution in [0.2, 0.25) is 0 Å². The van der Waals surface area contributed by atoms with Gasteiger partial charge in [0.2, 0.25) is 10.0 Å². The lowest BCUT2D eigenvalue weighted by Gasteiger charge is -2.33. The third kappa shape index (κ3) is 5.90. The first-order chi connectivity index (χ1) is 15.8. The van der Waals surface area contributed by atoms with Gasteiger partial charge in [0, 0.05) is 63.2 Å². The van der Waals surface area contributed by atoms with Crippen molar-refractivity contribution < 1.29 is 23.1 Å². The standard InChI is InChI=1S/C22H31N5O5S/c1-33(30,31)27-12-10-25(11-13-27)7-2-14-32-18-3-4-19-20(15-18)23-16-24-21(19)17-5-8-26(9-6-17)22(28)29/h3-4,15-17H,2,5-14H2,1H3,(H,28,29). The van der Waals surface area contributed by atoms with Crippen LogP contribution < -0.4 is 4.74 Å². The third-order valence-corrected chi connectivity index (χ3v) is 7.78. The largest absolute Gasteiger partial charge is 0.493 e. The molecule has 0 radical (unpaired) electrons. The minimum atomic E-state index is -3.10. The van der Waals surface area contributed by atoms with Crippen LogP contribution >= 0.6 is 0 Å². The van der Waals surface area contributed by atoms with Gasteiger partial charge in [0.05, 0.1) is 24.1 Å². The zero-order chi connectivity index (χ0) is 23.4. The van der Waals surface area contributed by atoms with E-state index in [0.29, 0.717) is 32.8 Å². The minimum absolute atomic E-state index is 0.223. The summed E-state index contributed by atoms with van der Waals surface area (Å²) in [5.41, 5.74) is 1.81. The van der Waals surface area contributed by atoms with Gasteiger partial charge in [-0.1, -0.05) is 0 Å². The number of hydrogen-bond donors (Lipinski definition) is 1. The Bertz CT molecular complexity index is 1080. The number of fused-ring (bicyclic) bond motifs is 1. The molecule has 10 nitrogen and oxygen atoms in total. The summed E-state index contributed by atoms with van der Waals surface area (Å²) < 4.78 is 30.7. The Morgan fingerprint density at radius 3 is 2.52 bits per heavy atom. The minimum Gasteiger partial charge on any atom is -0.493 e. The summed E-state index contributed by atoms with van der Waals surface area (Å²) in [5, 5.41) is 10.1. The van der Waals surface area contributed by atoms with Crippen LogP contribution in [0.3, 0.4) is 0 Å². The number of nitrogens with zero attached hydrogens (tertiary/aromatic N) is 5. The van der Waals surface area contributed by atoms with Gasteiger partial charge in [-0.15, -0.1) is 0 Å². The monoisotopic (exact) mass is 477 g/mol. The molecule has 1 aromatic heterocycles. The van der Waals surface area contributed by atoms with Gasteiger partial charge in [0.1, 0.15) is 12.1 Å². The lowest BCUT2D eigenvalue weighted by Crippen LogP contribution is -2.48. The number of carboxylic acid groups (broad SMARTS) is 1. The zero-order valence-corrected chi connectivity index (χ0v) is 19.7. The van der Waals surface area contributed by atoms with E-state index in [4.69, 9.17) is 9.84 Å². The van der Waals surface area contributed by atoms with E-state index in [1.165, 1.54) is 15.5 Å². The van der Waals surface area contributed by atoms with Crippen molar-refractivity contribution in [2.75, 3.05) is 58.7 Å². The van der Waals surface area contributed by atoms with E-state index in [0.717, 1.165) is 61.2 Å². The van der Waals surface area contributed by atoms with Crippen molar-refractivity contribution in [1.82, 2.24) is 24.1 Å². The molecule has 0 atom stereocenters. The molecule has 0 unspecified atom stereocenters. The maximum atomic E-state index is 11.6. The lowest BCUT2D eigenvalue weighted by atomic mass is 9.91. The molecule has 2 saturated heterocycles. The molecule has 33 heavy (non-hydrogen) atoms. The van der Waals surface area contributed by atoms with Crippen molar-refractivity contribution in [1.29, 1.82) is 0 Å². The average molecular weight is 478 g/mol. The van der Waals surface area contributed by atoms with Crippen LogP contribution in [0.5, 0.6) is 5.75 Å². The smallest absolute Gasteiger partial charge is 0.407 e. The number of hydrogen-bond acceptors (Lipinski definition) is 7. The first-order valence-corrected chi connectivity index (χ1v) is 13.2. The van der Waals surface area contributed by atoms with E-state index in [2.05, 4.69) is 14.9 Å². The van der Waals surface area contributed by atoms with Gasteiger partial charge < -0.3 is 19.6 Å². The molecule has 2 aliphatic rings. The Labute approximate surface area is 194 Å². The molecule has 0 aliphatic carbocycles. The van der Waals surface area contributed by atoms with Gasteiger partial charge in [-0.25, -0.2) is 23.2 Å². The van der Waals surface area contributed by atoms with Gasteiger partial charge in [0.25, 0.3) is 0 Å². The Hall–Kier alpha value is -2.50. The van der Waals surface area contributed by atoms with Gasteiger partial charge in [-0.2, -0.15) is 4.31 Å². The van der Waals surface area contributed by atoms with Gasteiger partial charge in [-0.05, 0) is 31.4 Å². The topological polar surface area (TPSA) is 116 Å². The highest BCUT2D eigenvalue weighted by Crippen LogP contribution is 2.32. The van der Waals surface area contributed by atoms with Crippen molar-refractivity contribution in [3.63, 3.8) is 0 Å². The van der Waals surface area contributed by atoms with E-state index in [-0.39, 0.29) is 5.92 Å². The predicted octanol–water partition coefficient (Wildman–Crippen LogP) is 1.83. The second-order valence-electron chi connectivity index (χ2n) is 8.69. The Balaban J connectivity index is 1.28. The van der Waals surface area contributed by atoms with Crippen LogP contribution in [0.1, 0.15) is 30.9 Å². The number of piperazine rings is 1. The van der Waals surface area contributed by atoms with Crippen LogP contribution in [0.25, 0.3) is 10.9 Å². The predicted molar refractivity (Wildman–Crippen MR) is 124 cm³/mol. The van der Waals surface area contributed by atoms with Gasteiger partial charge in [0.15, 0.2) is 0 Å². The van der Waals surface area contributed by atoms with E-state index in [1.54, 1.807) is 6.33 Å². The lowest BCUT2D eigenvalue weighted by molar-refractivity contribution is 0.132. The van der Waals surface area contributed by atoms with E-state index < -0.39 is 16.1 Å². The molecule has 2 aromatic rings. The maximum Gasteiger partial charge on any atom is 0.407 e. The van der Waals surface area contributed by atoms with Crippen molar-refractivity contribution in [2.24, 2.45) is 0 Å². The molecule has 3 heterocycles. The molecule has 1 amide bonds. The molecule has 1 aromatic carbocycles. The van der Waals surface area contributed by atoms with E-state index >= 15 is 0 Å². The molecule has 4 rings (SSSR count). The van der Waals surface area contributed by atoms with E-state index in [1.807, 2.05) is 18.2 Å². The molecular formula is C22H31N5O5S. The number of rotatable bonds is 7. The SMILES string of the molecule is CS(=O)(=O)N1CCN(CCCOc2ccc3c(C4CCN(C(=O)O)CC4)ncnc3c2)CC1. The second-order valence-corrected chi connectivity index (χ2v) is 10.7. The van der Waals surface area contributed by atoms with Crippen LogP contribution in [0.15, 0.2) is 24.5 Å². The number of aromatic nitrogens is 2. The average Bonchev–Trinajstić information content (AvgIpc) is 2.81. The molecular weight excluding hydrogens is 446 g/mol. The summed E-state index contributed by atoms with van der Waals surface area (Å²) in [6.07, 6.45) is 4.34. The van der Waals surface area contributed by atoms with Crippen LogP contribution in [0, 0.1) is 0 Å². The molecule has 0 spiro atoms. The summed E-state index contributed by atoms with van der Waals surface area (Å²) >= 11 is 0. The number of likely N-dealkylation sites (tertiary alicyclic amines) is 1.